The first kappa shape index (κ1) is 12.4. The predicted molar refractivity (Wildman–Crippen MR) is 56.9 cm³/mol. The third-order valence-corrected chi connectivity index (χ3v) is 1.45. The zero-order chi connectivity index (χ0) is 10.8. The first-order chi connectivity index (χ1) is 6.83. The summed E-state index contributed by atoms with van der Waals surface area (Å²) in [5.41, 5.74) is 1.32. The van der Waals surface area contributed by atoms with E-state index < -0.39 is 0 Å². The highest BCUT2D eigenvalue weighted by Gasteiger charge is 2.19. The second-order valence-corrected chi connectivity index (χ2v) is 2.66. The zero-order valence-corrected chi connectivity index (χ0v) is 8.22. The molecule has 0 bridgehead atoms. The topological polar surface area (TPSA) is 29.6 Å². The standard InChI is InChI=1S/C7H8.C3H4O2.C2H2/c1-7-5-3-2-4-6-7;4-1-3-2-5-3;1-2/h2-6H,1H3;1,3H,2H2;1-2H/t;3-;/m.0./s1. The van der Waals surface area contributed by atoms with Gasteiger partial charge in [-0.2, -0.15) is 0 Å². The van der Waals surface area contributed by atoms with Gasteiger partial charge in [-0.15, -0.1) is 12.8 Å². The summed E-state index contributed by atoms with van der Waals surface area (Å²) in [4.78, 5) is 9.44. The lowest BCUT2D eigenvalue weighted by molar-refractivity contribution is -0.108. The van der Waals surface area contributed by atoms with Crippen molar-refractivity contribution in [1.82, 2.24) is 0 Å². The predicted octanol–water partition coefficient (Wildman–Crippen LogP) is 1.83. The first-order valence-electron chi connectivity index (χ1n) is 4.25. The van der Waals surface area contributed by atoms with E-state index in [9.17, 15) is 4.79 Å². The molecule has 1 aromatic rings. The van der Waals surface area contributed by atoms with Gasteiger partial charge in [0.05, 0.1) is 6.61 Å². The number of rotatable bonds is 1. The van der Waals surface area contributed by atoms with E-state index in [1.54, 1.807) is 0 Å². The van der Waals surface area contributed by atoms with Crippen molar-refractivity contribution in [1.29, 1.82) is 0 Å². The number of ether oxygens (including phenoxy) is 1. The molecule has 74 valence electrons. The van der Waals surface area contributed by atoms with Crippen molar-refractivity contribution in [2.75, 3.05) is 6.61 Å². The Labute approximate surface area is 84.9 Å². The average Bonchev–Trinajstić information content (AvgIpc) is 3.06. The molecule has 14 heavy (non-hydrogen) atoms. The summed E-state index contributed by atoms with van der Waals surface area (Å²) in [6.45, 7) is 2.73. The highest BCUT2D eigenvalue weighted by molar-refractivity contribution is 5.58. The number of terminal acetylenes is 1. The second kappa shape index (κ2) is 8.03. The molecule has 0 saturated carbocycles. The highest BCUT2D eigenvalue weighted by atomic mass is 16.6. The molecule has 0 radical (unpaired) electrons. The molecule has 0 aliphatic carbocycles. The van der Waals surface area contributed by atoms with Crippen LogP contribution in [0.1, 0.15) is 5.56 Å². The van der Waals surface area contributed by atoms with Gasteiger partial charge in [0.15, 0.2) is 6.29 Å². The lowest BCUT2D eigenvalue weighted by atomic mass is 10.2. The van der Waals surface area contributed by atoms with Crippen LogP contribution < -0.4 is 0 Å². The average molecular weight is 190 g/mol. The molecule has 1 saturated heterocycles. The molecule has 0 spiro atoms. The minimum absolute atomic E-state index is 0.0463. The molecule has 1 aliphatic heterocycles. The maximum Gasteiger partial charge on any atom is 0.151 e. The summed E-state index contributed by atoms with van der Waals surface area (Å²) in [7, 11) is 0. The zero-order valence-electron chi connectivity index (χ0n) is 8.22. The van der Waals surface area contributed by atoms with Gasteiger partial charge in [0, 0.05) is 0 Å². The number of carbonyl (C=O) groups is 1. The van der Waals surface area contributed by atoms with Crippen molar-refractivity contribution in [3.05, 3.63) is 35.9 Å². The van der Waals surface area contributed by atoms with Crippen molar-refractivity contribution in [3.63, 3.8) is 0 Å². The monoisotopic (exact) mass is 190 g/mol. The summed E-state index contributed by atoms with van der Waals surface area (Å²) >= 11 is 0. The largest absolute Gasteiger partial charge is 0.365 e. The highest BCUT2D eigenvalue weighted by Crippen LogP contribution is 2.02. The van der Waals surface area contributed by atoms with E-state index in [-0.39, 0.29) is 6.10 Å². The van der Waals surface area contributed by atoms with Crippen LogP contribution in [0.2, 0.25) is 0 Å². The maximum atomic E-state index is 9.44. The van der Waals surface area contributed by atoms with Crippen LogP contribution in [0.3, 0.4) is 0 Å². The molecular weight excluding hydrogens is 176 g/mol. The van der Waals surface area contributed by atoms with Crippen LogP contribution in [-0.4, -0.2) is 19.0 Å². The molecule has 1 fully saturated rings. The van der Waals surface area contributed by atoms with Gasteiger partial charge in [-0.05, 0) is 6.92 Å². The minimum Gasteiger partial charge on any atom is -0.365 e. The maximum absolute atomic E-state index is 9.44. The second-order valence-electron chi connectivity index (χ2n) is 2.66. The van der Waals surface area contributed by atoms with Gasteiger partial charge in [-0.1, -0.05) is 35.9 Å². The molecule has 2 heteroatoms. The van der Waals surface area contributed by atoms with Crippen LogP contribution in [0.15, 0.2) is 30.3 Å². The van der Waals surface area contributed by atoms with Crippen molar-refractivity contribution in [3.8, 4) is 12.8 Å². The molecule has 2 nitrogen and oxygen atoms in total. The van der Waals surface area contributed by atoms with E-state index in [0.717, 1.165) is 6.29 Å². The molecule has 1 heterocycles. The van der Waals surface area contributed by atoms with Gasteiger partial charge in [0.25, 0.3) is 0 Å². The Morgan fingerprint density at radius 3 is 2.00 bits per heavy atom. The molecule has 0 aromatic heterocycles. The van der Waals surface area contributed by atoms with Gasteiger partial charge in [-0.3, -0.25) is 0 Å². The lowest BCUT2D eigenvalue weighted by Gasteiger charge is -1.82. The molecule has 1 atom stereocenters. The van der Waals surface area contributed by atoms with Gasteiger partial charge in [0.2, 0.25) is 0 Å². The molecular formula is C12H14O2. The third-order valence-electron chi connectivity index (χ3n) is 1.45. The Bertz CT molecular complexity index is 260. The van der Waals surface area contributed by atoms with Crippen molar-refractivity contribution >= 4 is 6.29 Å². The molecule has 0 N–H and O–H groups in total. The molecule has 0 unspecified atom stereocenters. The number of aldehydes is 1. The quantitative estimate of drug-likeness (QED) is 0.384. The van der Waals surface area contributed by atoms with E-state index in [4.69, 9.17) is 0 Å². The van der Waals surface area contributed by atoms with Gasteiger partial charge in [-0.25, -0.2) is 0 Å². The molecule has 2 rings (SSSR count). The Morgan fingerprint density at radius 1 is 1.36 bits per heavy atom. The van der Waals surface area contributed by atoms with Crippen LogP contribution in [0.5, 0.6) is 0 Å². The van der Waals surface area contributed by atoms with E-state index >= 15 is 0 Å². The summed E-state index contributed by atoms with van der Waals surface area (Å²) in [6, 6.07) is 10.3. The van der Waals surface area contributed by atoms with Crippen molar-refractivity contribution in [2.24, 2.45) is 0 Å². The molecule has 1 aromatic carbocycles. The van der Waals surface area contributed by atoms with E-state index in [1.807, 2.05) is 18.2 Å². The third kappa shape index (κ3) is 7.08. The number of benzene rings is 1. The molecule has 0 amide bonds. The molecule has 1 aliphatic rings. The number of carbonyl (C=O) groups excluding carboxylic acids is 1. The fourth-order valence-electron chi connectivity index (χ4n) is 0.669. The summed E-state index contributed by atoms with van der Waals surface area (Å²) in [5.74, 6) is 0. The fourth-order valence-corrected chi connectivity index (χ4v) is 0.669. The lowest BCUT2D eigenvalue weighted by Crippen LogP contribution is -1.79. The van der Waals surface area contributed by atoms with E-state index in [0.29, 0.717) is 6.61 Å². The number of hydrogen-bond donors (Lipinski definition) is 0. The summed E-state index contributed by atoms with van der Waals surface area (Å²) in [5, 5.41) is 0. The number of epoxide rings is 1. The van der Waals surface area contributed by atoms with Crippen LogP contribution in [0, 0.1) is 19.8 Å². The minimum atomic E-state index is -0.0463. The SMILES string of the molecule is C#C.Cc1ccccc1.O=C[C@H]1CO1. The summed E-state index contributed by atoms with van der Waals surface area (Å²) in [6.07, 6.45) is 8.76. The fraction of sp³-hybridized carbons (Fsp3) is 0.250. The smallest absolute Gasteiger partial charge is 0.151 e. The van der Waals surface area contributed by atoms with E-state index in [1.165, 1.54) is 5.56 Å². The Hall–Kier alpha value is -1.59. The van der Waals surface area contributed by atoms with E-state index in [2.05, 4.69) is 36.6 Å². The van der Waals surface area contributed by atoms with Gasteiger partial charge in [0.1, 0.15) is 6.10 Å². The normalized spacial score (nSPS) is 16.4. The first-order valence-corrected chi connectivity index (χ1v) is 4.25. The van der Waals surface area contributed by atoms with Crippen LogP contribution in [-0.2, 0) is 9.53 Å². The van der Waals surface area contributed by atoms with Crippen molar-refractivity contribution in [2.45, 2.75) is 13.0 Å². The van der Waals surface area contributed by atoms with Crippen LogP contribution in [0.25, 0.3) is 0 Å². The van der Waals surface area contributed by atoms with Gasteiger partial charge >= 0.3 is 0 Å². The Morgan fingerprint density at radius 2 is 1.86 bits per heavy atom. The Balaban J connectivity index is 0.000000213. The van der Waals surface area contributed by atoms with Crippen molar-refractivity contribution < 1.29 is 9.53 Å². The summed E-state index contributed by atoms with van der Waals surface area (Å²) < 4.78 is 4.49. The van der Waals surface area contributed by atoms with Crippen LogP contribution in [0.4, 0.5) is 0 Å². The van der Waals surface area contributed by atoms with Gasteiger partial charge < -0.3 is 9.53 Å². The Kier molecular flexibility index (Phi) is 7.12. The van der Waals surface area contributed by atoms with Crippen LogP contribution >= 0.6 is 0 Å². The number of hydrogen-bond acceptors (Lipinski definition) is 2. The number of aryl methyl sites for hydroxylation is 1.